The number of aromatic nitrogens is 1. The lowest BCUT2D eigenvalue weighted by atomic mass is 10.0. The van der Waals surface area contributed by atoms with Crippen molar-refractivity contribution in [2.45, 2.75) is 25.7 Å². The van der Waals surface area contributed by atoms with Crippen LogP contribution in [0.15, 0.2) is 72.8 Å². The van der Waals surface area contributed by atoms with Crippen molar-refractivity contribution in [3.8, 4) is 0 Å². The molecule has 3 aromatic carbocycles. The van der Waals surface area contributed by atoms with E-state index < -0.39 is 11.9 Å². The van der Waals surface area contributed by atoms with Crippen molar-refractivity contribution in [3.63, 3.8) is 0 Å². The quantitative estimate of drug-likeness (QED) is 0.327. The van der Waals surface area contributed by atoms with Gasteiger partial charge in [-0.3, -0.25) is 14.6 Å². The molecule has 6 rings (SSSR count). The molecule has 10 heteroatoms. The summed E-state index contributed by atoms with van der Waals surface area (Å²) in [7, 11) is 0. The Labute approximate surface area is 242 Å². The summed E-state index contributed by atoms with van der Waals surface area (Å²) in [4.78, 5) is 38.6. The minimum absolute atomic E-state index is 0.194. The standard InChI is InChI=1S/C29H30N4OS.C2H2O4/c34-28(33-25-11-4-1-8-22(25)15-16-23-9-2-5-12-26(23)33)14-7-17-31-18-20-32(21-19-31)29-24-10-3-6-13-27(24)35-30-29;3-1(4)2(5)6/h1-6,8-13H,7,14-21H2;(H,3,4)(H,5,6). The average molecular weight is 573 g/mol. The molecule has 212 valence electrons. The van der Waals surface area contributed by atoms with Gasteiger partial charge in [-0.2, -0.15) is 4.37 Å². The molecule has 2 aliphatic rings. The molecule has 9 nitrogen and oxygen atoms in total. The number of amides is 1. The number of nitrogens with zero attached hydrogens (tertiary/aromatic N) is 4. The van der Waals surface area contributed by atoms with Crippen LogP contribution in [-0.4, -0.2) is 70.1 Å². The van der Waals surface area contributed by atoms with Gasteiger partial charge < -0.3 is 15.1 Å². The van der Waals surface area contributed by atoms with Crippen LogP contribution in [0.4, 0.5) is 17.2 Å². The summed E-state index contributed by atoms with van der Waals surface area (Å²) in [6, 6.07) is 25.2. The number of carboxylic acid groups (broad SMARTS) is 2. The molecule has 3 heterocycles. The van der Waals surface area contributed by atoms with Crippen LogP contribution in [0.2, 0.25) is 0 Å². The number of aryl methyl sites for hydroxylation is 2. The highest BCUT2D eigenvalue weighted by molar-refractivity contribution is 7.13. The van der Waals surface area contributed by atoms with Crippen molar-refractivity contribution in [1.29, 1.82) is 0 Å². The van der Waals surface area contributed by atoms with Gasteiger partial charge in [0.1, 0.15) is 5.82 Å². The number of anilines is 3. The van der Waals surface area contributed by atoms with E-state index in [1.807, 2.05) is 17.0 Å². The third kappa shape index (κ3) is 6.55. The summed E-state index contributed by atoms with van der Waals surface area (Å²) in [5.41, 5.74) is 4.60. The Morgan fingerprint density at radius 2 is 1.32 bits per heavy atom. The number of carboxylic acids is 2. The first-order valence-corrected chi connectivity index (χ1v) is 14.5. The van der Waals surface area contributed by atoms with Gasteiger partial charge in [0.25, 0.3) is 0 Å². The first kappa shape index (κ1) is 28.3. The molecule has 0 saturated carbocycles. The lowest BCUT2D eigenvalue weighted by molar-refractivity contribution is -0.159. The van der Waals surface area contributed by atoms with Gasteiger partial charge in [0.2, 0.25) is 5.91 Å². The van der Waals surface area contributed by atoms with Gasteiger partial charge in [-0.1, -0.05) is 48.5 Å². The maximum absolute atomic E-state index is 13.5. The van der Waals surface area contributed by atoms with Gasteiger partial charge in [-0.15, -0.1) is 0 Å². The number of carbonyl (C=O) groups excluding carboxylic acids is 1. The van der Waals surface area contributed by atoms with Gasteiger partial charge in [-0.25, -0.2) is 9.59 Å². The molecule has 0 atom stereocenters. The maximum Gasteiger partial charge on any atom is 0.414 e. The fourth-order valence-corrected chi connectivity index (χ4v) is 6.19. The van der Waals surface area contributed by atoms with Crippen molar-refractivity contribution < 1.29 is 24.6 Å². The van der Waals surface area contributed by atoms with E-state index in [2.05, 4.69) is 70.5 Å². The van der Waals surface area contributed by atoms with E-state index >= 15 is 0 Å². The van der Waals surface area contributed by atoms with Crippen LogP contribution in [0.1, 0.15) is 24.0 Å². The molecule has 1 amide bonds. The number of carbonyl (C=O) groups is 3. The van der Waals surface area contributed by atoms with Crippen molar-refractivity contribution in [1.82, 2.24) is 9.27 Å². The monoisotopic (exact) mass is 572 g/mol. The minimum atomic E-state index is -1.82. The molecule has 1 aromatic heterocycles. The highest BCUT2D eigenvalue weighted by Crippen LogP contribution is 2.36. The number of hydrogen-bond acceptors (Lipinski definition) is 7. The van der Waals surface area contributed by atoms with Crippen LogP contribution in [0, 0.1) is 0 Å². The zero-order valence-corrected chi connectivity index (χ0v) is 23.4. The molecule has 2 N–H and O–H groups in total. The molecular formula is C31H32N4O5S. The van der Waals surface area contributed by atoms with Gasteiger partial charge >= 0.3 is 11.9 Å². The third-order valence-corrected chi connectivity index (χ3v) is 8.27. The molecule has 4 aromatic rings. The number of fused-ring (bicyclic) bond motifs is 3. The Hall–Kier alpha value is -4.28. The summed E-state index contributed by atoms with van der Waals surface area (Å²) in [6.45, 7) is 4.93. The Morgan fingerprint density at radius 1 is 0.756 bits per heavy atom. The number of piperazine rings is 1. The third-order valence-electron chi connectivity index (χ3n) is 7.46. The molecule has 1 fully saturated rings. The Kier molecular flexibility index (Phi) is 8.91. The second-order valence-corrected chi connectivity index (χ2v) is 10.8. The Balaban J connectivity index is 0.000000511. The summed E-state index contributed by atoms with van der Waals surface area (Å²) in [5, 5.41) is 16.0. The lowest BCUT2D eigenvalue weighted by Gasteiger charge is -2.35. The highest BCUT2D eigenvalue weighted by atomic mass is 32.1. The van der Waals surface area contributed by atoms with E-state index in [0.717, 1.165) is 69.2 Å². The zero-order chi connectivity index (χ0) is 28.8. The van der Waals surface area contributed by atoms with Crippen LogP contribution in [0.25, 0.3) is 10.1 Å². The van der Waals surface area contributed by atoms with Crippen molar-refractivity contribution in [2.24, 2.45) is 0 Å². The van der Waals surface area contributed by atoms with Crippen molar-refractivity contribution >= 4 is 56.7 Å². The number of aliphatic carboxylic acids is 2. The highest BCUT2D eigenvalue weighted by Gasteiger charge is 2.26. The Bertz CT molecular complexity index is 1490. The predicted molar refractivity (Wildman–Crippen MR) is 160 cm³/mol. The number of para-hydroxylation sites is 2. The molecule has 41 heavy (non-hydrogen) atoms. The number of rotatable bonds is 5. The fraction of sp³-hybridized carbons (Fsp3) is 0.290. The molecule has 0 unspecified atom stereocenters. The summed E-state index contributed by atoms with van der Waals surface area (Å²) in [6.07, 6.45) is 3.37. The molecule has 2 aliphatic heterocycles. The van der Waals surface area contributed by atoms with Gasteiger partial charge in [0, 0.05) is 38.0 Å². The molecule has 0 bridgehead atoms. The largest absolute Gasteiger partial charge is 0.473 e. The van der Waals surface area contributed by atoms with Crippen LogP contribution in [0.5, 0.6) is 0 Å². The van der Waals surface area contributed by atoms with Crippen LogP contribution >= 0.6 is 11.5 Å². The summed E-state index contributed by atoms with van der Waals surface area (Å²) < 4.78 is 5.97. The SMILES string of the molecule is O=C(CCCN1CCN(c2nsc3ccccc23)CC1)N1c2ccccc2CCc2ccccc21.O=C(O)C(=O)O. The average Bonchev–Trinajstić information content (AvgIpc) is 3.34. The molecule has 1 saturated heterocycles. The molecular weight excluding hydrogens is 540 g/mol. The van der Waals surface area contributed by atoms with Crippen LogP contribution in [0.3, 0.4) is 0 Å². The number of hydrogen-bond donors (Lipinski definition) is 2. The fourth-order valence-electron chi connectivity index (χ4n) is 5.40. The van der Waals surface area contributed by atoms with E-state index in [1.165, 1.54) is 21.2 Å². The second-order valence-electron chi connectivity index (χ2n) is 10.0. The van der Waals surface area contributed by atoms with Crippen molar-refractivity contribution in [3.05, 3.63) is 83.9 Å². The van der Waals surface area contributed by atoms with Crippen LogP contribution in [-0.2, 0) is 27.2 Å². The lowest BCUT2D eigenvalue weighted by Crippen LogP contribution is -2.47. The van der Waals surface area contributed by atoms with E-state index in [4.69, 9.17) is 24.2 Å². The number of benzene rings is 3. The molecule has 0 spiro atoms. The van der Waals surface area contributed by atoms with E-state index in [1.54, 1.807) is 11.5 Å². The maximum atomic E-state index is 13.5. The first-order chi connectivity index (χ1) is 19.9. The molecule has 0 aliphatic carbocycles. The van der Waals surface area contributed by atoms with E-state index in [0.29, 0.717) is 6.42 Å². The van der Waals surface area contributed by atoms with Gasteiger partial charge in [0.15, 0.2) is 0 Å². The van der Waals surface area contributed by atoms with E-state index in [9.17, 15) is 4.79 Å². The topological polar surface area (TPSA) is 114 Å². The van der Waals surface area contributed by atoms with E-state index in [-0.39, 0.29) is 5.91 Å². The zero-order valence-electron chi connectivity index (χ0n) is 22.6. The first-order valence-electron chi connectivity index (χ1n) is 13.7. The summed E-state index contributed by atoms with van der Waals surface area (Å²) in [5.74, 6) is -2.33. The second kappa shape index (κ2) is 12.9. The molecule has 0 radical (unpaired) electrons. The van der Waals surface area contributed by atoms with Crippen molar-refractivity contribution in [2.75, 3.05) is 42.5 Å². The van der Waals surface area contributed by atoms with Crippen LogP contribution < -0.4 is 9.80 Å². The smallest absolute Gasteiger partial charge is 0.414 e. The summed E-state index contributed by atoms with van der Waals surface area (Å²) >= 11 is 1.58. The minimum Gasteiger partial charge on any atom is -0.473 e. The van der Waals surface area contributed by atoms with Gasteiger partial charge in [-0.05, 0) is 72.7 Å². The Morgan fingerprint density at radius 3 is 1.93 bits per heavy atom. The normalized spacial score (nSPS) is 14.8. The predicted octanol–water partition coefficient (Wildman–Crippen LogP) is 4.82. The van der Waals surface area contributed by atoms with Gasteiger partial charge in [0.05, 0.1) is 16.1 Å².